The number of rotatable bonds is 6. The summed E-state index contributed by atoms with van der Waals surface area (Å²) in [6, 6.07) is 3.77. The summed E-state index contributed by atoms with van der Waals surface area (Å²) in [6.07, 6.45) is 0.399. The number of ether oxygens (including phenoxy) is 1. The SMILES string of the molecule is COc1c(C)cc(C(O)CCCC(=O)O)cc1C. The van der Waals surface area contributed by atoms with Gasteiger partial charge < -0.3 is 14.9 Å². The third-order valence-corrected chi connectivity index (χ3v) is 2.94. The Bertz CT molecular complexity index is 403. The lowest BCUT2D eigenvalue weighted by Gasteiger charge is -2.15. The lowest BCUT2D eigenvalue weighted by molar-refractivity contribution is -0.137. The van der Waals surface area contributed by atoms with Gasteiger partial charge in [-0.2, -0.15) is 0 Å². The van der Waals surface area contributed by atoms with Crippen molar-refractivity contribution in [2.75, 3.05) is 7.11 Å². The van der Waals surface area contributed by atoms with E-state index in [-0.39, 0.29) is 6.42 Å². The van der Waals surface area contributed by atoms with Crippen LogP contribution in [0.5, 0.6) is 5.75 Å². The number of carboxylic acids is 1. The number of hydrogen-bond acceptors (Lipinski definition) is 3. The van der Waals surface area contributed by atoms with Crippen molar-refractivity contribution in [2.45, 2.75) is 39.2 Å². The topological polar surface area (TPSA) is 66.8 Å². The predicted molar refractivity (Wildman–Crippen MR) is 68.9 cm³/mol. The maximum absolute atomic E-state index is 10.4. The van der Waals surface area contributed by atoms with Gasteiger partial charge in [0.25, 0.3) is 0 Å². The molecule has 0 radical (unpaired) electrons. The predicted octanol–water partition coefficient (Wildman–Crippen LogP) is 2.60. The Morgan fingerprint density at radius 1 is 1.33 bits per heavy atom. The Balaban J connectivity index is 2.74. The quantitative estimate of drug-likeness (QED) is 0.816. The van der Waals surface area contributed by atoms with Crippen molar-refractivity contribution in [3.63, 3.8) is 0 Å². The summed E-state index contributed by atoms with van der Waals surface area (Å²) in [5, 5.41) is 18.6. The van der Waals surface area contributed by atoms with Crippen molar-refractivity contribution in [1.82, 2.24) is 0 Å². The largest absolute Gasteiger partial charge is 0.496 e. The van der Waals surface area contributed by atoms with Gasteiger partial charge >= 0.3 is 5.97 Å². The van der Waals surface area contributed by atoms with Crippen LogP contribution in [0, 0.1) is 13.8 Å². The fraction of sp³-hybridized carbons (Fsp3) is 0.500. The third-order valence-electron chi connectivity index (χ3n) is 2.94. The molecule has 0 spiro atoms. The summed E-state index contributed by atoms with van der Waals surface area (Å²) in [5.41, 5.74) is 2.77. The van der Waals surface area contributed by atoms with Gasteiger partial charge in [0.05, 0.1) is 13.2 Å². The first-order valence-corrected chi connectivity index (χ1v) is 6.00. The molecule has 2 N–H and O–H groups in total. The summed E-state index contributed by atoms with van der Waals surface area (Å²) in [7, 11) is 1.62. The molecule has 18 heavy (non-hydrogen) atoms. The second-order valence-electron chi connectivity index (χ2n) is 4.49. The average molecular weight is 252 g/mol. The van der Waals surface area contributed by atoms with Gasteiger partial charge in [0.1, 0.15) is 5.75 Å². The minimum Gasteiger partial charge on any atom is -0.496 e. The van der Waals surface area contributed by atoms with Gasteiger partial charge in [-0.15, -0.1) is 0 Å². The van der Waals surface area contributed by atoms with Crippen LogP contribution >= 0.6 is 0 Å². The van der Waals surface area contributed by atoms with Crippen LogP contribution in [0.15, 0.2) is 12.1 Å². The maximum Gasteiger partial charge on any atom is 0.303 e. The number of carboxylic acid groups (broad SMARTS) is 1. The number of hydrogen-bond donors (Lipinski definition) is 2. The summed E-state index contributed by atoms with van der Waals surface area (Å²) in [6.45, 7) is 3.86. The zero-order valence-corrected chi connectivity index (χ0v) is 11.1. The van der Waals surface area contributed by atoms with Gasteiger partial charge in [-0.25, -0.2) is 0 Å². The Hall–Kier alpha value is -1.55. The molecule has 0 aromatic heterocycles. The second kappa shape index (κ2) is 6.40. The summed E-state index contributed by atoms with van der Waals surface area (Å²) in [5.74, 6) is 0.000720. The molecule has 0 aliphatic rings. The van der Waals surface area contributed by atoms with Crippen LogP contribution in [-0.2, 0) is 4.79 Å². The standard InChI is InChI=1S/C14H20O4/c1-9-7-11(8-10(2)14(9)18-3)12(15)5-4-6-13(16)17/h7-8,12,15H,4-6H2,1-3H3,(H,16,17). The smallest absolute Gasteiger partial charge is 0.303 e. The first kappa shape index (κ1) is 14.5. The first-order valence-electron chi connectivity index (χ1n) is 6.00. The van der Waals surface area contributed by atoms with Crippen molar-refractivity contribution in [3.8, 4) is 5.75 Å². The van der Waals surface area contributed by atoms with E-state index in [1.807, 2.05) is 26.0 Å². The molecule has 1 rings (SSSR count). The maximum atomic E-state index is 10.4. The molecule has 1 aromatic carbocycles. The number of methoxy groups -OCH3 is 1. The molecule has 0 aliphatic carbocycles. The molecule has 0 saturated heterocycles. The van der Waals surface area contributed by atoms with Crippen LogP contribution in [0.25, 0.3) is 0 Å². The van der Waals surface area contributed by atoms with Gasteiger partial charge in [0.15, 0.2) is 0 Å². The van der Waals surface area contributed by atoms with Crippen molar-refractivity contribution >= 4 is 5.97 Å². The zero-order valence-electron chi connectivity index (χ0n) is 11.1. The highest BCUT2D eigenvalue weighted by Gasteiger charge is 2.12. The fourth-order valence-electron chi connectivity index (χ4n) is 2.11. The highest BCUT2D eigenvalue weighted by atomic mass is 16.5. The number of aliphatic carboxylic acids is 1. The number of benzene rings is 1. The number of aliphatic hydroxyl groups is 1. The third kappa shape index (κ3) is 3.74. The fourth-order valence-corrected chi connectivity index (χ4v) is 2.11. The molecule has 0 aliphatic heterocycles. The summed E-state index contributed by atoms with van der Waals surface area (Å²) >= 11 is 0. The highest BCUT2D eigenvalue weighted by molar-refractivity contribution is 5.66. The molecule has 0 amide bonds. The molecular weight excluding hydrogens is 232 g/mol. The average Bonchev–Trinajstić information content (AvgIpc) is 2.27. The molecule has 1 aromatic rings. The van der Waals surface area contributed by atoms with Crippen molar-refractivity contribution in [3.05, 3.63) is 28.8 Å². The Kier molecular flexibility index (Phi) is 5.16. The van der Waals surface area contributed by atoms with Crippen LogP contribution in [0.1, 0.15) is 42.1 Å². The van der Waals surface area contributed by atoms with Gasteiger partial charge in [0, 0.05) is 6.42 Å². The molecule has 4 heteroatoms. The van der Waals surface area contributed by atoms with E-state index in [1.54, 1.807) is 7.11 Å². The van der Waals surface area contributed by atoms with Crippen LogP contribution < -0.4 is 4.74 Å². The monoisotopic (exact) mass is 252 g/mol. The van der Waals surface area contributed by atoms with E-state index in [4.69, 9.17) is 9.84 Å². The molecule has 4 nitrogen and oxygen atoms in total. The molecule has 1 atom stereocenters. The first-order chi connectivity index (χ1) is 8.45. The molecule has 100 valence electrons. The molecule has 0 bridgehead atoms. The molecule has 0 saturated carbocycles. The Morgan fingerprint density at radius 2 is 1.89 bits per heavy atom. The van der Waals surface area contributed by atoms with Crippen LogP contribution in [0.2, 0.25) is 0 Å². The number of aryl methyl sites for hydroxylation is 2. The number of aliphatic hydroxyl groups excluding tert-OH is 1. The Morgan fingerprint density at radius 3 is 2.33 bits per heavy atom. The van der Waals surface area contributed by atoms with E-state index in [2.05, 4.69) is 0 Å². The van der Waals surface area contributed by atoms with Crippen molar-refractivity contribution < 1.29 is 19.7 Å². The summed E-state index contributed by atoms with van der Waals surface area (Å²) < 4.78 is 5.26. The van der Waals surface area contributed by atoms with Gasteiger partial charge in [-0.05, 0) is 55.5 Å². The Labute approximate surface area is 107 Å². The lowest BCUT2D eigenvalue weighted by Crippen LogP contribution is -2.02. The molecule has 0 fully saturated rings. The van der Waals surface area contributed by atoms with E-state index < -0.39 is 12.1 Å². The van der Waals surface area contributed by atoms with Gasteiger partial charge in [-0.1, -0.05) is 0 Å². The van der Waals surface area contributed by atoms with E-state index in [1.165, 1.54) is 0 Å². The highest BCUT2D eigenvalue weighted by Crippen LogP contribution is 2.28. The summed E-state index contributed by atoms with van der Waals surface area (Å²) in [4.78, 5) is 10.4. The van der Waals surface area contributed by atoms with Crippen LogP contribution in [0.3, 0.4) is 0 Å². The van der Waals surface area contributed by atoms with E-state index >= 15 is 0 Å². The van der Waals surface area contributed by atoms with E-state index in [0.29, 0.717) is 12.8 Å². The van der Waals surface area contributed by atoms with Crippen molar-refractivity contribution in [2.24, 2.45) is 0 Å². The molecule has 0 heterocycles. The molecule has 1 unspecified atom stereocenters. The van der Waals surface area contributed by atoms with Gasteiger partial charge in [-0.3, -0.25) is 4.79 Å². The second-order valence-corrected chi connectivity index (χ2v) is 4.49. The lowest BCUT2D eigenvalue weighted by atomic mass is 9.98. The minimum atomic E-state index is -0.829. The van der Waals surface area contributed by atoms with Crippen LogP contribution in [-0.4, -0.2) is 23.3 Å². The van der Waals surface area contributed by atoms with Crippen molar-refractivity contribution in [1.29, 1.82) is 0 Å². The number of carbonyl (C=O) groups is 1. The van der Waals surface area contributed by atoms with E-state index in [0.717, 1.165) is 22.4 Å². The van der Waals surface area contributed by atoms with Gasteiger partial charge in [0.2, 0.25) is 0 Å². The zero-order chi connectivity index (χ0) is 13.7. The normalized spacial score (nSPS) is 12.2. The minimum absolute atomic E-state index is 0.0885. The van der Waals surface area contributed by atoms with Crippen LogP contribution in [0.4, 0.5) is 0 Å². The van der Waals surface area contributed by atoms with E-state index in [9.17, 15) is 9.90 Å². The molecular formula is C14H20O4.